The van der Waals surface area contributed by atoms with E-state index >= 15 is 0 Å². The van der Waals surface area contributed by atoms with Crippen molar-refractivity contribution in [2.75, 3.05) is 6.54 Å². The van der Waals surface area contributed by atoms with Gasteiger partial charge in [0, 0.05) is 6.42 Å². The van der Waals surface area contributed by atoms with Crippen molar-refractivity contribution in [2.45, 2.75) is 130 Å². The lowest BCUT2D eigenvalue weighted by Crippen LogP contribution is -2.64. The van der Waals surface area contributed by atoms with Gasteiger partial charge < -0.3 is 31.7 Å². The van der Waals surface area contributed by atoms with Crippen LogP contribution < -0.4 is 26.6 Å². The summed E-state index contributed by atoms with van der Waals surface area (Å²) in [5.41, 5.74) is -1.23. The van der Waals surface area contributed by atoms with Crippen LogP contribution in [0.25, 0.3) is 0 Å². The van der Waals surface area contributed by atoms with E-state index in [4.69, 9.17) is 0 Å². The van der Waals surface area contributed by atoms with Gasteiger partial charge in [-0.2, -0.15) is 0 Å². The molecule has 0 heterocycles. The molecule has 0 radical (unpaired) electrons. The standard InChI is InChI=1S/C37H57N5O8/c1-8-15-26(31(45)33(47)38-22-29(44)41-30(34(48)49)24-16-11-9-12-17-24)39-32(46)27(20-23(2)3)40-35(50)37(7,25-18-13-10-14-19-25)42-28(43)21-36(4,5)6/h9,11-12,16-17,23,25-27,30H,8,10,13-15,18-22H2,1-7H3,(H,38,47)(H,39,46)(H,40,50)(H,41,44)(H,42,43)(H,48,49)/t26-,27+,30+,37+/m1/s1. The first kappa shape index (κ1) is 41.9. The molecule has 0 aromatic heterocycles. The number of Topliss-reactive ketones (excluding diaryl/α,β-unsaturated/α-hetero) is 1. The van der Waals surface area contributed by atoms with Gasteiger partial charge in [-0.3, -0.25) is 28.8 Å². The Labute approximate surface area is 295 Å². The van der Waals surface area contributed by atoms with E-state index in [9.17, 15) is 38.7 Å². The summed E-state index contributed by atoms with van der Waals surface area (Å²) in [6, 6.07) is 4.36. The van der Waals surface area contributed by atoms with Crippen molar-refractivity contribution in [1.82, 2.24) is 26.6 Å². The van der Waals surface area contributed by atoms with Crippen molar-refractivity contribution >= 4 is 41.3 Å². The van der Waals surface area contributed by atoms with Crippen LogP contribution >= 0.6 is 0 Å². The fourth-order valence-electron chi connectivity index (χ4n) is 6.23. The number of carbonyl (C=O) groups excluding carboxylic acids is 6. The summed E-state index contributed by atoms with van der Waals surface area (Å²) in [7, 11) is 0. The largest absolute Gasteiger partial charge is 0.479 e. The fraction of sp³-hybridized carbons (Fsp3) is 0.649. The van der Waals surface area contributed by atoms with Crippen LogP contribution in [-0.4, -0.2) is 70.6 Å². The van der Waals surface area contributed by atoms with E-state index in [2.05, 4.69) is 26.6 Å². The third kappa shape index (κ3) is 13.2. The molecule has 13 nitrogen and oxygen atoms in total. The highest BCUT2D eigenvalue weighted by Gasteiger charge is 2.44. The molecule has 5 amide bonds. The molecule has 50 heavy (non-hydrogen) atoms. The van der Waals surface area contributed by atoms with Gasteiger partial charge >= 0.3 is 5.97 Å². The second kappa shape index (κ2) is 19.2. The quantitative estimate of drug-likeness (QED) is 0.125. The molecule has 1 fully saturated rings. The lowest BCUT2D eigenvalue weighted by atomic mass is 9.74. The van der Waals surface area contributed by atoms with Gasteiger partial charge in [0.15, 0.2) is 6.04 Å². The van der Waals surface area contributed by atoms with Crippen LogP contribution in [0.2, 0.25) is 0 Å². The second-order valence-electron chi connectivity index (χ2n) is 15.1. The summed E-state index contributed by atoms with van der Waals surface area (Å²) in [5.74, 6) is -5.78. The Kier molecular flexibility index (Phi) is 16.1. The molecule has 0 saturated heterocycles. The SMILES string of the molecule is CCC[C@@H](NC(=O)[C@H](CC(C)C)NC(=O)[C@@](C)(NC(=O)CC(C)(C)C)C1CCCCC1)C(=O)C(=O)NCC(=O)N[C@H](C(=O)O)c1ccccc1. The molecule has 1 aromatic rings. The number of hydrogen-bond donors (Lipinski definition) is 6. The highest BCUT2D eigenvalue weighted by molar-refractivity contribution is 6.38. The van der Waals surface area contributed by atoms with Gasteiger partial charge in [-0.1, -0.05) is 97.6 Å². The van der Waals surface area contributed by atoms with E-state index < -0.39 is 65.6 Å². The van der Waals surface area contributed by atoms with Gasteiger partial charge in [-0.15, -0.1) is 0 Å². The van der Waals surface area contributed by atoms with Crippen molar-refractivity contribution in [3.8, 4) is 0 Å². The van der Waals surface area contributed by atoms with E-state index in [1.807, 2.05) is 34.6 Å². The van der Waals surface area contributed by atoms with E-state index in [-0.39, 0.29) is 42.4 Å². The maximum absolute atomic E-state index is 14.1. The monoisotopic (exact) mass is 699 g/mol. The molecule has 0 bridgehead atoms. The summed E-state index contributed by atoms with van der Waals surface area (Å²) in [6.45, 7) is 12.4. The summed E-state index contributed by atoms with van der Waals surface area (Å²) in [5, 5.41) is 22.6. The van der Waals surface area contributed by atoms with Gasteiger partial charge in [0.05, 0.1) is 12.6 Å². The zero-order valence-electron chi connectivity index (χ0n) is 30.6. The first-order valence-electron chi connectivity index (χ1n) is 17.7. The summed E-state index contributed by atoms with van der Waals surface area (Å²) < 4.78 is 0. The van der Waals surface area contributed by atoms with E-state index in [1.54, 1.807) is 32.0 Å². The molecule has 1 saturated carbocycles. The molecule has 0 aliphatic heterocycles. The molecular formula is C37H57N5O8. The molecule has 1 aromatic carbocycles. The first-order chi connectivity index (χ1) is 23.4. The van der Waals surface area contributed by atoms with Crippen molar-refractivity contribution < 1.29 is 38.7 Å². The van der Waals surface area contributed by atoms with Crippen LogP contribution in [0.4, 0.5) is 0 Å². The third-order valence-corrected chi connectivity index (χ3v) is 8.84. The number of ketones is 1. The Balaban J connectivity index is 2.17. The number of benzene rings is 1. The molecule has 6 N–H and O–H groups in total. The second-order valence-corrected chi connectivity index (χ2v) is 15.1. The molecule has 4 atom stereocenters. The van der Waals surface area contributed by atoms with Gasteiger partial charge in [-0.25, -0.2) is 4.79 Å². The molecule has 278 valence electrons. The van der Waals surface area contributed by atoms with Crippen molar-refractivity contribution in [2.24, 2.45) is 17.3 Å². The van der Waals surface area contributed by atoms with Crippen LogP contribution in [-0.2, 0) is 33.6 Å². The van der Waals surface area contributed by atoms with E-state index in [0.29, 0.717) is 12.0 Å². The molecule has 0 spiro atoms. The predicted octanol–water partition coefficient (Wildman–Crippen LogP) is 3.32. The zero-order valence-corrected chi connectivity index (χ0v) is 30.6. The number of hydrogen-bond acceptors (Lipinski definition) is 7. The fourth-order valence-corrected chi connectivity index (χ4v) is 6.23. The van der Waals surface area contributed by atoms with Crippen molar-refractivity contribution in [3.63, 3.8) is 0 Å². The molecule has 13 heteroatoms. The van der Waals surface area contributed by atoms with E-state index in [1.165, 1.54) is 12.1 Å². The van der Waals surface area contributed by atoms with Gasteiger partial charge in [0.1, 0.15) is 11.6 Å². The maximum Gasteiger partial charge on any atom is 0.330 e. The molecule has 1 aliphatic carbocycles. The molecule has 2 rings (SSSR count). The minimum atomic E-state index is -1.36. The Hall–Kier alpha value is -4.29. The lowest BCUT2D eigenvalue weighted by Gasteiger charge is -2.40. The Morgan fingerprint density at radius 1 is 0.840 bits per heavy atom. The zero-order chi connectivity index (χ0) is 37.6. The summed E-state index contributed by atoms with van der Waals surface area (Å²) >= 11 is 0. The van der Waals surface area contributed by atoms with Crippen molar-refractivity contribution in [1.29, 1.82) is 0 Å². The maximum atomic E-state index is 14.1. The van der Waals surface area contributed by atoms with Crippen LogP contribution in [0.1, 0.15) is 118 Å². The van der Waals surface area contributed by atoms with Gasteiger partial charge in [0.25, 0.3) is 5.91 Å². The number of carboxylic acids is 1. The highest BCUT2D eigenvalue weighted by atomic mass is 16.4. The average Bonchev–Trinajstić information content (AvgIpc) is 3.04. The third-order valence-electron chi connectivity index (χ3n) is 8.84. The molecule has 1 aliphatic rings. The van der Waals surface area contributed by atoms with Gasteiger partial charge in [-0.05, 0) is 55.4 Å². The van der Waals surface area contributed by atoms with Crippen LogP contribution in [0.3, 0.4) is 0 Å². The molecule has 0 unspecified atom stereocenters. The smallest absolute Gasteiger partial charge is 0.330 e. The topological polar surface area (TPSA) is 200 Å². The highest BCUT2D eigenvalue weighted by Crippen LogP contribution is 2.34. The summed E-state index contributed by atoms with van der Waals surface area (Å²) in [6.07, 6.45) is 5.41. The Bertz CT molecular complexity index is 1350. The normalized spacial score (nSPS) is 16.6. The van der Waals surface area contributed by atoms with Gasteiger partial charge in [0.2, 0.25) is 29.4 Å². The Morgan fingerprint density at radius 2 is 1.46 bits per heavy atom. The number of nitrogens with one attached hydrogen (secondary N) is 5. The van der Waals surface area contributed by atoms with E-state index in [0.717, 1.165) is 32.1 Å². The van der Waals surface area contributed by atoms with Crippen LogP contribution in [0, 0.1) is 17.3 Å². The number of carboxylic acid groups (broad SMARTS) is 1. The number of carbonyl (C=O) groups is 7. The molecular weight excluding hydrogens is 642 g/mol. The first-order valence-corrected chi connectivity index (χ1v) is 17.7. The van der Waals surface area contributed by atoms with Crippen molar-refractivity contribution in [3.05, 3.63) is 35.9 Å². The van der Waals surface area contributed by atoms with Crippen LogP contribution in [0.15, 0.2) is 30.3 Å². The number of amides is 5. The predicted molar refractivity (Wildman–Crippen MR) is 188 cm³/mol. The number of aliphatic carboxylic acids is 1. The van der Waals surface area contributed by atoms with Crippen LogP contribution in [0.5, 0.6) is 0 Å². The lowest BCUT2D eigenvalue weighted by molar-refractivity contribution is -0.143. The summed E-state index contributed by atoms with van der Waals surface area (Å²) in [4.78, 5) is 91.2. The number of rotatable bonds is 18. The average molecular weight is 700 g/mol. The minimum Gasteiger partial charge on any atom is -0.479 e. The minimum absolute atomic E-state index is 0.0323. The Morgan fingerprint density at radius 3 is 2.00 bits per heavy atom.